The summed E-state index contributed by atoms with van der Waals surface area (Å²) in [6, 6.07) is -0.247. The monoisotopic (exact) mass is 309 g/mol. The van der Waals surface area contributed by atoms with E-state index in [9.17, 15) is 26.5 Å². The molecule has 0 spiro atoms. The minimum Gasteiger partial charge on any atom is -0.746 e. The van der Waals surface area contributed by atoms with Crippen molar-refractivity contribution in [2.24, 2.45) is 5.92 Å². The Morgan fingerprint density at radius 3 is 1.94 bits per heavy atom. The zero-order chi connectivity index (χ0) is 13.3. The molecular formula is C8H16NNaO6S2. The van der Waals surface area contributed by atoms with Crippen molar-refractivity contribution in [3.8, 4) is 0 Å². The molecule has 10 heteroatoms. The maximum absolute atomic E-state index is 11.0. The minimum atomic E-state index is -4.69. The molecule has 2 N–H and O–H groups in total. The van der Waals surface area contributed by atoms with E-state index >= 15 is 0 Å². The van der Waals surface area contributed by atoms with Gasteiger partial charge in [0.05, 0.1) is 6.26 Å². The molecule has 1 rings (SSSR count). The molecule has 0 aliphatic heterocycles. The molecule has 0 radical (unpaired) electrons. The summed E-state index contributed by atoms with van der Waals surface area (Å²) in [5.41, 5.74) is -1.89. The second-order valence-corrected chi connectivity index (χ2v) is 7.63. The van der Waals surface area contributed by atoms with Crippen molar-refractivity contribution in [2.75, 3.05) is 6.26 Å². The van der Waals surface area contributed by atoms with Gasteiger partial charge >= 0.3 is 29.6 Å². The molecule has 0 aromatic heterocycles. The molecule has 1 fully saturated rings. The summed E-state index contributed by atoms with van der Waals surface area (Å²) in [6.45, 7) is 0. The van der Waals surface area contributed by atoms with Gasteiger partial charge in [-0.15, -0.1) is 0 Å². The number of aliphatic hydroxyl groups excluding tert-OH is 1. The Morgan fingerprint density at radius 2 is 1.61 bits per heavy atom. The number of aliphatic hydroxyl groups is 1. The van der Waals surface area contributed by atoms with Gasteiger partial charge in [0.2, 0.25) is 10.0 Å². The van der Waals surface area contributed by atoms with E-state index in [1.807, 2.05) is 0 Å². The smallest absolute Gasteiger partial charge is 0.746 e. The van der Waals surface area contributed by atoms with Crippen LogP contribution >= 0.6 is 0 Å². The molecule has 0 bridgehead atoms. The molecule has 0 heterocycles. The quantitative estimate of drug-likeness (QED) is 0.402. The number of hydrogen-bond donors (Lipinski definition) is 2. The van der Waals surface area contributed by atoms with Crippen LogP contribution in [0.1, 0.15) is 25.7 Å². The van der Waals surface area contributed by atoms with Gasteiger partial charge in [-0.1, -0.05) is 0 Å². The molecule has 0 unspecified atom stereocenters. The fourth-order valence-corrected chi connectivity index (χ4v) is 3.65. The van der Waals surface area contributed by atoms with E-state index in [-0.39, 0.29) is 35.6 Å². The van der Waals surface area contributed by atoms with Crippen molar-refractivity contribution in [3.05, 3.63) is 0 Å². The summed E-state index contributed by atoms with van der Waals surface area (Å²) in [5.74, 6) is -0.602. The van der Waals surface area contributed by atoms with E-state index in [0.29, 0.717) is 25.7 Å². The fraction of sp³-hybridized carbons (Fsp3) is 1.00. The van der Waals surface area contributed by atoms with Crippen molar-refractivity contribution in [1.82, 2.24) is 4.72 Å². The average Bonchev–Trinajstić information content (AvgIpc) is 2.14. The normalized spacial score (nSPS) is 27.3. The van der Waals surface area contributed by atoms with Gasteiger partial charge in [-0.25, -0.2) is 21.6 Å². The van der Waals surface area contributed by atoms with Gasteiger partial charge in [-0.2, -0.15) is 0 Å². The maximum atomic E-state index is 11.0. The van der Waals surface area contributed by atoms with Crippen LogP contribution in [0.4, 0.5) is 0 Å². The van der Waals surface area contributed by atoms with E-state index in [1.165, 1.54) is 0 Å². The van der Waals surface area contributed by atoms with Crippen molar-refractivity contribution in [2.45, 2.75) is 37.2 Å². The molecule has 0 amide bonds. The largest absolute Gasteiger partial charge is 1.00 e. The Labute approximate surface area is 129 Å². The van der Waals surface area contributed by atoms with Crippen LogP contribution in [0, 0.1) is 5.92 Å². The zero-order valence-electron chi connectivity index (χ0n) is 10.4. The predicted octanol–water partition coefficient (Wildman–Crippen LogP) is -4.04. The summed E-state index contributed by atoms with van der Waals surface area (Å²) >= 11 is 0. The molecular weight excluding hydrogens is 293 g/mol. The van der Waals surface area contributed by atoms with Gasteiger partial charge in [0, 0.05) is 6.04 Å². The van der Waals surface area contributed by atoms with Crippen molar-refractivity contribution >= 4 is 20.1 Å². The SMILES string of the molecule is CS(=O)(=O)NC1CCC([C@H](O)S(=O)(=O)[O-])CC1.[Na+]. The van der Waals surface area contributed by atoms with Gasteiger partial charge in [-0.05, 0) is 31.6 Å². The first kappa shape index (κ1) is 18.8. The third-order valence-electron chi connectivity index (χ3n) is 2.85. The maximum Gasteiger partial charge on any atom is 1.00 e. The molecule has 102 valence electrons. The first-order valence-corrected chi connectivity index (χ1v) is 8.56. The fourth-order valence-electron chi connectivity index (χ4n) is 2.06. The van der Waals surface area contributed by atoms with Gasteiger partial charge in [0.1, 0.15) is 15.6 Å². The van der Waals surface area contributed by atoms with Crippen LogP contribution in [0.25, 0.3) is 0 Å². The number of rotatable bonds is 4. The average molecular weight is 309 g/mol. The summed E-state index contributed by atoms with van der Waals surface area (Å²) < 4.78 is 56.2. The second-order valence-electron chi connectivity index (χ2n) is 4.39. The first-order valence-electron chi connectivity index (χ1n) is 5.19. The number of nitrogens with one attached hydrogen (secondary N) is 1. The Hall–Kier alpha value is 0.780. The summed E-state index contributed by atoms with van der Waals surface area (Å²) in [6.07, 6.45) is 2.52. The third kappa shape index (κ3) is 6.29. The molecule has 0 saturated heterocycles. The van der Waals surface area contributed by atoms with Gasteiger partial charge in [0.15, 0.2) is 0 Å². The molecule has 18 heavy (non-hydrogen) atoms. The number of hydrogen-bond acceptors (Lipinski definition) is 6. The van der Waals surface area contributed by atoms with Crippen LogP contribution in [-0.2, 0) is 20.1 Å². The summed E-state index contributed by atoms with van der Waals surface area (Å²) in [7, 11) is -7.97. The third-order valence-corrected chi connectivity index (χ3v) is 4.59. The van der Waals surface area contributed by atoms with E-state index < -0.39 is 31.5 Å². The van der Waals surface area contributed by atoms with E-state index in [4.69, 9.17) is 0 Å². The Kier molecular flexibility index (Phi) is 7.28. The van der Waals surface area contributed by atoms with Gasteiger partial charge in [-0.3, -0.25) is 0 Å². The predicted molar refractivity (Wildman–Crippen MR) is 59.4 cm³/mol. The molecule has 1 atom stereocenters. The van der Waals surface area contributed by atoms with E-state index in [2.05, 4.69) is 4.72 Å². The van der Waals surface area contributed by atoms with Gasteiger partial charge < -0.3 is 9.66 Å². The standard InChI is InChI=1S/C8H17NO6S2.Na/c1-16(11,12)9-7-4-2-6(3-5-7)8(10)17(13,14)15;/h6-10H,2-5H2,1H3,(H,13,14,15);/q;+1/p-1/t6?,7?,8-;/m1./s1. The zero-order valence-corrected chi connectivity index (χ0v) is 14.0. The molecule has 1 aliphatic carbocycles. The molecule has 1 saturated carbocycles. The van der Waals surface area contributed by atoms with Crippen LogP contribution < -0.4 is 34.3 Å². The molecule has 0 aromatic rings. The van der Waals surface area contributed by atoms with Crippen molar-refractivity contribution < 1.29 is 56.1 Å². The summed E-state index contributed by atoms with van der Waals surface area (Å²) in [4.78, 5) is 0. The Bertz CT molecular complexity index is 454. The van der Waals surface area contributed by atoms with Gasteiger partial charge in [0.25, 0.3) is 0 Å². The first-order chi connectivity index (χ1) is 7.59. The summed E-state index contributed by atoms with van der Waals surface area (Å²) in [5, 5.41) is 9.29. The van der Waals surface area contributed by atoms with Crippen molar-refractivity contribution in [1.29, 1.82) is 0 Å². The molecule has 1 aliphatic rings. The second kappa shape index (κ2) is 6.98. The van der Waals surface area contributed by atoms with Crippen LogP contribution in [0.5, 0.6) is 0 Å². The Morgan fingerprint density at radius 1 is 1.17 bits per heavy atom. The van der Waals surface area contributed by atoms with Crippen LogP contribution in [0.3, 0.4) is 0 Å². The van der Waals surface area contributed by atoms with Crippen LogP contribution in [0.2, 0.25) is 0 Å². The Balaban J connectivity index is 0.00000289. The van der Waals surface area contributed by atoms with E-state index in [0.717, 1.165) is 6.26 Å². The van der Waals surface area contributed by atoms with Crippen LogP contribution in [0.15, 0.2) is 0 Å². The molecule has 0 aromatic carbocycles. The number of sulfonamides is 1. The minimum absolute atomic E-state index is 0. The topological polar surface area (TPSA) is 124 Å². The van der Waals surface area contributed by atoms with Crippen LogP contribution in [-0.4, -0.2) is 44.2 Å². The van der Waals surface area contributed by atoms with Crippen molar-refractivity contribution in [3.63, 3.8) is 0 Å². The van der Waals surface area contributed by atoms with E-state index in [1.54, 1.807) is 0 Å². The molecule has 7 nitrogen and oxygen atoms in total.